The summed E-state index contributed by atoms with van der Waals surface area (Å²) < 4.78 is 10.9. The molecular formula is C20H16ClNO4S. The van der Waals surface area contributed by atoms with E-state index in [0.717, 1.165) is 27.3 Å². The topological polar surface area (TPSA) is 59.8 Å². The van der Waals surface area contributed by atoms with Crippen LogP contribution in [0.15, 0.2) is 56.6 Å². The second-order valence-electron chi connectivity index (χ2n) is 6.18. The van der Waals surface area contributed by atoms with Crippen LogP contribution in [0.3, 0.4) is 0 Å². The number of anilines is 1. The van der Waals surface area contributed by atoms with E-state index in [0.29, 0.717) is 22.9 Å². The third-order valence-electron chi connectivity index (χ3n) is 4.38. The average molecular weight is 402 g/mol. The molecule has 0 aliphatic carbocycles. The Morgan fingerprint density at radius 3 is 2.96 bits per heavy atom. The summed E-state index contributed by atoms with van der Waals surface area (Å²) in [6.07, 6.45) is 0. The van der Waals surface area contributed by atoms with Gasteiger partial charge in [-0.15, -0.1) is 11.8 Å². The monoisotopic (exact) mass is 401 g/mol. The highest BCUT2D eigenvalue weighted by Gasteiger charge is 2.23. The molecule has 0 saturated heterocycles. The number of carbonyl (C=O) groups excluding carboxylic acids is 1. The minimum absolute atomic E-state index is 0.149. The molecule has 27 heavy (non-hydrogen) atoms. The Kier molecular flexibility index (Phi) is 4.85. The standard InChI is InChI=1S/C20H16ClNO4S/c1-12-8-20(24)26-16-10-17(14(21)9-13(12)16)25-11-19(23)22-6-7-27-18-5-3-2-4-15(18)22/h2-5,8-10H,6-7,11H2,1H3. The van der Waals surface area contributed by atoms with Crippen molar-refractivity contribution in [2.45, 2.75) is 11.8 Å². The van der Waals surface area contributed by atoms with E-state index in [4.69, 9.17) is 20.8 Å². The molecule has 1 amide bonds. The molecule has 0 N–H and O–H groups in total. The largest absolute Gasteiger partial charge is 0.482 e. The Balaban J connectivity index is 1.56. The van der Waals surface area contributed by atoms with Crippen molar-refractivity contribution < 1.29 is 13.9 Å². The third kappa shape index (κ3) is 3.55. The smallest absolute Gasteiger partial charge is 0.336 e. The first-order valence-corrected chi connectivity index (χ1v) is 9.78. The van der Waals surface area contributed by atoms with Gasteiger partial charge in [0.1, 0.15) is 11.3 Å². The van der Waals surface area contributed by atoms with Gasteiger partial charge >= 0.3 is 5.63 Å². The van der Waals surface area contributed by atoms with Gasteiger partial charge in [-0.25, -0.2) is 4.79 Å². The van der Waals surface area contributed by atoms with Crippen LogP contribution < -0.4 is 15.3 Å². The Morgan fingerprint density at radius 1 is 1.30 bits per heavy atom. The Hall–Kier alpha value is -2.44. The number of para-hydroxylation sites is 1. The van der Waals surface area contributed by atoms with E-state index in [1.54, 1.807) is 28.8 Å². The Bertz CT molecular complexity index is 1100. The van der Waals surface area contributed by atoms with Gasteiger partial charge < -0.3 is 14.1 Å². The Labute approximate surface area is 164 Å². The summed E-state index contributed by atoms with van der Waals surface area (Å²) >= 11 is 8.03. The van der Waals surface area contributed by atoms with Crippen LogP contribution in [0.2, 0.25) is 5.02 Å². The summed E-state index contributed by atoms with van der Waals surface area (Å²) in [5.74, 6) is 1.000. The van der Waals surface area contributed by atoms with E-state index in [1.807, 2.05) is 31.2 Å². The number of nitrogens with zero attached hydrogens (tertiary/aromatic N) is 1. The molecule has 5 nitrogen and oxygen atoms in total. The number of aryl methyl sites for hydroxylation is 1. The van der Waals surface area contributed by atoms with E-state index in [9.17, 15) is 9.59 Å². The first kappa shape index (κ1) is 17.9. The predicted octanol–water partition coefficient (Wildman–Crippen LogP) is 4.27. The van der Waals surface area contributed by atoms with Gasteiger partial charge in [0.2, 0.25) is 0 Å². The Morgan fingerprint density at radius 2 is 2.11 bits per heavy atom. The molecule has 0 spiro atoms. The molecule has 1 aromatic heterocycles. The van der Waals surface area contributed by atoms with Crippen molar-refractivity contribution in [3.63, 3.8) is 0 Å². The van der Waals surface area contributed by atoms with Gasteiger partial charge in [-0.2, -0.15) is 0 Å². The first-order chi connectivity index (χ1) is 13.0. The lowest BCUT2D eigenvalue weighted by Gasteiger charge is -2.28. The average Bonchev–Trinajstić information content (AvgIpc) is 2.66. The highest BCUT2D eigenvalue weighted by molar-refractivity contribution is 7.99. The van der Waals surface area contributed by atoms with Crippen molar-refractivity contribution in [2.24, 2.45) is 0 Å². The fraction of sp³-hybridized carbons (Fsp3) is 0.200. The molecule has 0 unspecified atom stereocenters. The zero-order valence-corrected chi connectivity index (χ0v) is 16.1. The normalized spacial score (nSPS) is 13.5. The van der Waals surface area contributed by atoms with Crippen LogP contribution in [-0.2, 0) is 4.79 Å². The maximum atomic E-state index is 12.7. The number of thioether (sulfide) groups is 1. The number of halogens is 1. The molecule has 2 heterocycles. The molecule has 0 radical (unpaired) electrons. The molecule has 0 atom stereocenters. The quantitative estimate of drug-likeness (QED) is 0.613. The van der Waals surface area contributed by atoms with Crippen LogP contribution in [0.1, 0.15) is 5.56 Å². The van der Waals surface area contributed by atoms with Gasteiger partial charge in [-0.1, -0.05) is 23.7 Å². The number of ether oxygens (including phenoxy) is 1. The van der Waals surface area contributed by atoms with Crippen LogP contribution in [0.4, 0.5) is 5.69 Å². The van der Waals surface area contributed by atoms with Crippen molar-refractivity contribution in [1.82, 2.24) is 0 Å². The van der Waals surface area contributed by atoms with Gasteiger partial charge in [0, 0.05) is 34.7 Å². The van der Waals surface area contributed by atoms with E-state index < -0.39 is 5.63 Å². The molecule has 0 bridgehead atoms. The van der Waals surface area contributed by atoms with Crippen molar-refractivity contribution in [2.75, 3.05) is 23.8 Å². The molecule has 0 saturated carbocycles. The molecule has 7 heteroatoms. The summed E-state index contributed by atoms with van der Waals surface area (Å²) in [4.78, 5) is 27.1. The molecule has 2 aromatic carbocycles. The van der Waals surface area contributed by atoms with Gasteiger partial charge in [0.15, 0.2) is 6.61 Å². The van der Waals surface area contributed by atoms with Crippen LogP contribution in [0, 0.1) is 6.92 Å². The van der Waals surface area contributed by atoms with E-state index in [2.05, 4.69) is 0 Å². The maximum Gasteiger partial charge on any atom is 0.336 e. The second kappa shape index (κ2) is 7.29. The van der Waals surface area contributed by atoms with Gasteiger partial charge in [0.25, 0.3) is 5.91 Å². The zero-order chi connectivity index (χ0) is 19.0. The van der Waals surface area contributed by atoms with Crippen LogP contribution in [-0.4, -0.2) is 24.8 Å². The van der Waals surface area contributed by atoms with Crippen molar-refractivity contribution in [1.29, 1.82) is 0 Å². The number of rotatable bonds is 3. The molecular weight excluding hydrogens is 386 g/mol. The highest BCUT2D eigenvalue weighted by atomic mass is 35.5. The number of fused-ring (bicyclic) bond motifs is 2. The summed E-state index contributed by atoms with van der Waals surface area (Å²) in [6, 6.07) is 12.5. The van der Waals surface area contributed by atoms with Crippen LogP contribution in [0.25, 0.3) is 11.0 Å². The number of amides is 1. The van der Waals surface area contributed by atoms with Crippen molar-refractivity contribution >= 4 is 45.9 Å². The summed E-state index contributed by atoms with van der Waals surface area (Å²) in [7, 11) is 0. The molecule has 4 rings (SSSR count). The van der Waals surface area contributed by atoms with Gasteiger partial charge in [-0.3, -0.25) is 4.79 Å². The number of hydrogen-bond donors (Lipinski definition) is 0. The summed E-state index contributed by atoms with van der Waals surface area (Å²) in [6.45, 7) is 2.29. The number of carbonyl (C=O) groups is 1. The number of benzene rings is 2. The van der Waals surface area contributed by atoms with Gasteiger partial charge in [-0.05, 0) is 30.7 Å². The maximum absolute atomic E-state index is 12.7. The van der Waals surface area contributed by atoms with E-state index >= 15 is 0 Å². The molecule has 1 aliphatic rings. The zero-order valence-electron chi connectivity index (χ0n) is 14.5. The summed E-state index contributed by atoms with van der Waals surface area (Å²) in [5, 5.41) is 1.10. The predicted molar refractivity (Wildman–Crippen MR) is 107 cm³/mol. The van der Waals surface area contributed by atoms with Gasteiger partial charge in [0.05, 0.1) is 10.7 Å². The molecule has 1 aliphatic heterocycles. The third-order valence-corrected chi connectivity index (χ3v) is 5.72. The number of hydrogen-bond acceptors (Lipinski definition) is 5. The highest BCUT2D eigenvalue weighted by Crippen LogP contribution is 2.35. The van der Waals surface area contributed by atoms with Crippen LogP contribution in [0.5, 0.6) is 5.75 Å². The SMILES string of the molecule is Cc1cc(=O)oc2cc(OCC(=O)N3CCSc4ccccc43)c(Cl)cc12. The fourth-order valence-electron chi connectivity index (χ4n) is 3.08. The fourth-order valence-corrected chi connectivity index (χ4v) is 4.29. The van der Waals surface area contributed by atoms with E-state index in [1.165, 1.54) is 6.07 Å². The molecule has 138 valence electrons. The lowest BCUT2D eigenvalue weighted by molar-refractivity contribution is -0.120. The van der Waals surface area contributed by atoms with Crippen LogP contribution >= 0.6 is 23.4 Å². The first-order valence-electron chi connectivity index (χ1n) is 8.42. The van der Waals surface area contributed by atoms with E-state index in [-0.39, 0.29) is 12.5 Å². The van der Waals surface area contributed by atoms with Crippen molar-refractivity contribution in [3.05, 3.63) is 63.5 Å². The minimum atomic E-state index is -0.438. The van der Waals surface area contributed by atoms with Crippen molar-refractivity contribution in [3.8, 4) is 5.75 Å². The minimum Gasteiger partial charge on any atom is -0.482 e. The molecule has 0 fully saturated rings. The lowest BCUT2D eigenvalue weighted by atomic mass is 10.1. The lowest BCUT2D eigenvalue weighted by Crippen LogP contribution is -2.38. The summed E-state index contributed by atoms with van der Waals surface area (Å²) in [5.41, 5.74) is 1.61. The molecule has 3 aromatic rings. The second-order valence-corrected chi connectivity index (χ2v) is 7.72.